The van der Waals surface area contributed by atoms with Crippen LogP contribution in [0.15, 0.2) is 42.5 Å². The second-order valence-corrected chi connectivity index (χ2v) is 4.66. The lowest BCUT2D eigenvalue weighted by atomic mass is 9.85. The fourth-order valence-electron chi connectivity index (χ4n) is 2.91. The summed E-state index contributed by atoms with van der Waals surface area (Å²) in [5.41, 5.74) is 6.74. The highest BCUT2D eigenvalue weighted by molar-refractivity contribution is 5.54. The van der Waals surface area contributed by atoms with Crippen LogP contribution < -0.4 is 0 Å². The fraction of sp³-hybridized carbons (Fsp3) is 0.200. The summed E-state index contributed by atoms with van der Waals surface area (Å²) in [6.07, 6.45) is 0.355. The quantitative estimate of drug-likeness (QED) is 0.643. The Morgan fingerprint density at radius 1 is 0.812 bits per heavy atom. The van der Waals surface area contributed by atoms with E-state index in [0.717, 1.165) is 0 Å². The standard InChI is InChI=1S/C15H12O/c1-9-6-7-12-13(8-9)15-11-5-3-2-4-10(11)14(12)16-15/h2-8,14-15H,1H3. The molecule has 2 aliphatic heterocycles. The van der Waals surface area contributed by atoms with Gasteiger partial charge in [-0.25, -0.2) is 0 Å². The molecule has 0 N–H and O–H groups in total. The topological polar surface area (TPSA) is 9.23 Å². The van der Waals surface area contributed by atoms with Crippen LogP contribution in [-0.2, 0) is 4.74 Å². The number of fused-ring (bicyclic) bond motifs is 8. The van der Waals surface area contributed by atoms with Gasteiger partial charge in [-0.2, -0.15) is 0 Å². The normalized spacial score (nSPS) is 24.3. The highest BCUT2D eigenvalue weighted by atomic mass is 16.5. The lowest BCUT2D eigenvalue weighted by Crippen LogP contribution is -2.02. The lowest BCUT2D eigenvalue weighted by Gasteiger charge is -2.15. The van der Waals surface area contributed by atoms with Crippen molar-refractivity contribution in [2.24, 2.45) is 0 Å². The average Bonchev–Trinajstić information content (AvgIpc) is 2.85. The number of hydrogen-bond acceptors (Lipinski definition) is 1. The Labute approximate surface area is 94.7 Å². The number of hydrogen-bond donors (Lipinski definition) is 0. The molecule has 0 fully saturated rings. The van der Waals surface area contributed by atoms with E-state index in [1.54, 1.807) is 0 Å². The fourth-order valence-corrected chi connectivity index (χ4v) is 2.91. The van der Waals surface area contributed by atoms with E-state index in [-0.39, 0.29) is 12.2 Å². The van der Waals surface area contributed by atoms with Gasteiger partial charge in [0.1, 0.15) is 12.2 Å². The number of benzene rings is 2. The van der Waals surface area contributed by atoms with Gasteiger partial charge in [0.25, 0.3) is 0 Å². The van der Waals surface area contributed by atoms with Gasteiger partial charge in [0.15, 0.2) is 0 Å². The van der Waals surface area contributed by atoms with Gasteiger partial charge in [-0.1, -0.05) is 48.0 Å². The molecular weight excluding hydrogens is 196 g/mol. The van der Waals surface area contributed by atoms with Crippen molar-refractivity contribution in [2.75, 3.05) is 0 Å². The van der Waals surface area contributed by atoms with Crippen molar-refractivity contribution in [3.63, 3.8) is 0 Å². The van der Waals surface area contributed by atoms with Crippen molar-refractivity contribution in [1.29, 1.82) is 0 Å². The third-order valence-electron chi connectivity index (χ3n) is 3.64. The molecule has 2 atom stereocenters. The molecule has 16 heavy (non-hydrogen) atoms. The van der Waals surface area contributed by atoms with Crippen LogP contribution in [-0.4, -0.2) is 0 Å². The minimum Gasteiger partial charge on any atom is -0.356 e. The Morgan fingerprint density at radius 3 is 2.19 bits per heavy atom. The first-order chi connectivity index (χ1) is 7.84. The van der Waals surface area contributed by atoms with Crippen LogP contribution in [0.1, 0.15) is 40.0 Å². The Hall–Kier alpha value is -1.60. The Morgan fingerprint density at radius 2 is 1.44 bits per heavy atom. The molecule has 2 unspecified atom stereocenters. The van der Waals surface area contributed by atoms with E-state index in [4.69, 9.17) is 4.74 Å². The molecule has 0 spiro atoms. The van der Waals surface area contributed by atoms with Crippen molar-refractivity contribution in [3.8, 4) is 0 Å². The monoisotopic (exact) mass is 208 g/mol. The summed E-state index contributed by atoms with van der Waals surface area (Å²) in [5.74, 6) is 0. The van der Waals surface area contributed by atoms with E-state index >= 15 is 0 Å². The molecular formula is C15H12O. The molecule has 2 aromatic carbocycles. The van der Waals surface area contributed by atoms with E-state index in [9.17, 15) is 0 Å². The zero-order valence-corrected chi connectivity index (χ0v) is 9.10. The molecule has 0 saturated heterocycles. The summed E-state index contributed by atoms with van der Waals surface area (Å²) in [7, 11) is 0. The van der Waals surface area contributed by atoms with Crippen molar-refractivity contribution >= 4 is 0 Å². The number of ether oxygens (including phenoxy) is 1. The summed E-state index contributed by atoms with van der Waals surface area (Å²) < 4.78 is 6.07. The van der Waals surface area contributed by atoms with Crippen LogP contribution in [0.4, 0.5) is 0 Å². The van der Waals surface area contributed by atoms with Gasteiger partial charge in [-0.15, -0.1) is 0 Å². The largest absolute Gasteiger partial charge is 0.356 e. The average molecular weight is 208 g/mol. The predicted molar refractivity (Wildman–Crippen MR) is 62.4 cm³/mol. The highest BCUT2D eigenvalue weighted by Crippen LogP contribution is 2.53. The van der Waals surface area contributed by atoms with Gasteiger partial charge in [0.05, 0.1) is 0 Å². The SMILES string of the molecule is Cc1ccc2c(c1)C1OC2c2ccccc21. The predicted octanol–water partition coefficient (Wildman–Crippen LogP) is 3.52. The summed E-state index contributed by atoms with van der Waals surface area (Å²) in [4.78, 5) is 0. The van der Waals surface area contributed by atoms with Crippen molar-refractivity contribution in [3.05, 3.63) is 70.3 Å². The third kappa shape index (κ3) is 0.896. The summed E-state index contributed by atoms with van der Waals surface area (Å²) >= 11 is 0. The Balaban J connectivity index is 1.99. The molecule has 0 aliphatic carbocycles. The Bertz CT molecular complexity index is 586. The van der Waals surface area contributed by atoms with Crippen LogP contribution in [0.5, 0.6) is 0 Å². The van der Waals surface area contributed by atoms with Crippen LogP contribution in [0, 0.1) is 6.92 Å². The molecule has 1 heteroatoms. The second kappa shape index (κ2) is 2.74. The van der Waals surface area contributed by atoms with E-state index in [0.29, 0.717) is 0 Å². The maximum atomic E-state index is 6.07. The van der Waals surface area contributed by atoms with Gasteiger partial charge in [0.2, 0.25) is 0 Å². The molecule has 2 aromatic rings. The molecule has 2 heterocycles. The summed E-state index contributed by atoms with van der Waals surface area (Å²) in [6.45, 7) is 2.14. The minimum atomic E-state index is 0.177. The van der Waals surface area contributed by atoms with Crippen LogP contribution in [0.3, 0.4) is 0 Å². The van der Waals surface area contributed by atoms with Crippen molar-refractivity contribution in [1.82, 2.24) is 0 Å². The first-order valence-corrected chi connectivity index (χ1v) is 5.69. The summed E-state index contributed by atoms with van der Waals surface area (Å²) in [5, 5.41) is 0. The van der Waals surface area contributed by atoms with Gasteiger partial charge >= 0.3 is 0 Å². The van der Waals surface area contributed by atoms with Gasteiger partial charge in [0, 0.05) is 0 Å². The van der Waals surface area contributed by atoms with E-state index in [2.05, 4.69) is 49.4 Å². The molecule has 0 radical (unpaired) electrons. The molecule has 1 nitrogen and oxygen atoms in total. The van der Waals surface area contributed by atoms with E-state index in [1.165, 1.54) is 27.8 Å². The van der Waals surface area contributed by atoms with Crippen molar-refractivity contribution < 1.29 is 4.74 Å². The molecule has 0 saturated carbocycles. The second-order valence-electron chi connectivity index (χ2n) is 4.66. The minimum absolute atomic E-state index is 0.177. The third-order valence-corrected chi connectivity index (χ3v) is 3.64. The number of rotatable bonds is 0. The van der Waals surface area contributed by atoms with Crippen LogP contribution in [0.25, 0.3) is 0 Å². The van der Waals surface area contributed by atoms with Crippen molar-refractivity contribution in [2.45, 2.75) is 19.1 Å². The maximum Gasteiger partial charge on any atom is 0.110 e. The zero-order chi connectivity index (χ0) is 10.7. The maximum absolute atomic E-state index is 6.07. The first kappa shape index (κ1) is 8.54. The van der Waals surface area contributed by atoms with E-state index < -0.39 is 0 Å². The van der Waals surface area contributed by atoms with Gasteiger partial charge < -0.3 is 4.74 Å². The molecule has 2 aliphatic rings. The van der Waals surface area contributed by atoms with Crippen LogP contribution in [0.2, 0.25) is 0 Å². The van der Waals surface area contributed by atoms with E-state index in [1.807, 2.05) is 0 Å². The molecule has 4 rings (SSSR count). The molecule has 0 amide bonds. The summed E-state index contributed by atoms with van der Waals surface area (Å²) in [6, 6.07) is 15.2. The van der Waals surface area contributed by atoms with Crippen LogP contribution >= 0.6 is 0 Å². The lowest BCUT2D eigenvalue weighted by molar-refractivity contribution is 0.0857. The molecule has 78 valence electrons. The molecule has 2 bridgehead atoms. The first-order valence-electron chi connectivity index (χ1n) is 5.69. The molecule has 0 aromatic heterocycles. The smallest absolute Gasteiger partial charge is 0.110 e. The van der Waals surface area contributed by atoms with Gasteiger partial charge in [-0.05, 0) is 29.2 Å². The van der Waals surface area contributed by atoms with Gasteiger partial charge in [-0.3, -0.25) is 0 Å². The Kier molecular flexibility index (Phi) is 1.46. The highest BCUT2D eigenvalue weighted by Gasteiger charge is 2.42. The number of aryl methyl sites for hydroxylation is 1. The zero-order valence-electron chi connectivity index (χ0n) is 9.10.